The lowest BCUT2D eigenvalue weighted by Gasteiger charge is -2.35. The van der Waals surface area contributed by atoms with Crippen LogP contribution in [0.25, 0.3) is 0 Å². The van der Waals surface area contributed by atoms with Gasteiger partial charge in [-0.2, -0.15) is 0 Å². The van der Waals surface area contributed by atoms with Crippen LogP contribution in [-0.4, -0.2) is 50.8 Å². The van der Waals surface area contributed by atoms with Gasteiger partial charge in [0.15, 0.2) is 0 Å². The van der Waals surface area contributed by atoms with Crippen molar-refractivity contribution in [2.24, 2.45) is 17.3 Å². The summed E-state index contributed by atoms with van der Waals surface area (Å²) in [5.41, 5.74) is 0.360. The fourth-order valence-corrected chi connectivity index (χ4v) is 3.29. The number of nitrogens with one attached hydrogen (secondary N) is 1. The molecule has 0 spiro atoms. The van der Waals surface area contributed by atoms with E-state index in [1.165, 1.54) is 45.3 Å². The third-order valence-corrected chi connectivity index (χ3v) is 4.55. The monoisotopic (exact) mass is 282 g/mol. The van der Waals surface area contributed by atoms with Gasteiger partial charge in [0.2, 0.25) is 0 Å². The van der Waals surface area contributed by atoms with Gasteiger partial charge in [0, 0.05) is 31.7 Å². The normalized spacial score (nSPS) is 26.9. The molecule has 1 unspecified atom stereocenters. The summed E-state index contributed by atoms with van der Waals surface area (Å²) in [5, 5.41) is 3.68. The molecular formula is C17H34N2O. The predicted molar refractivity (Wildman–Crippen MR) is 85.0 cm³/mol. The zero-order valence-electron chi connectivity index (χ0n) is 13.8. The van der Waals surface area contributed by atoms with E-state index in [1.54, 1.807) is 0 Å². The molecule has 1 heterocycles. The van der Waals surface area contributed by atoms with E-state index in [1.807, 2.05) is 0 Å². The van der Waals surface area contributed by atoms with E-state index in [0.717, 1.165) is 38.1 Å². The summed E-state index contributed by atoms with van der Waals surface area (Å²) in [4.78, 5) is 2.71. The number of hydrogen-bond acceptors (Lipinski definition) is 3. The topological polar surface area (TPSA) is 24.5 Å². The molecule has 118 valence electrons. The van der Waals surface area contributed by atoms with Crippen molar-refractivity contribution in [2.75, 3.05) is 45.9 Å². The summed E-state index contributed by atoms with van der Waals surface area (Å²) in [5.74, 6) is 1.72. The van der Waals surface area contributed by atoms with Crippen LogP contribution < -0.4 is 5.32 Å². The maximum Gasteiger partial charge on any atom is 0.0547 e. The molecule has 1 saturated heterocycles. The van der Waals surface area contributed by atoms with Crippen molar-refractivity contribution in [1.29, 1.82) is 0 Å². The fraction of sp³-hybridized carbons (Fsp3) is 1.00. The summed E-state index contributed by atoms with van der Waals surface area (Å²) < 4.78 is 5.75. The van der Waals surface area contributed by atoms with Crippen LogP contribution >= 0.6 is 0 Å². The molecule has 1 atom stereocenters. The van der Waals surface area contributed by atoms with E-state index in [2.05, 4.69) is 31.0 Å². The van der Waals surface area contributed by atoms with Crippen LogP contribution in [0.5, 0.6) is 0 Å². The van der Waals surface area contributed by atoms with Gasteiger partial charge in [-0.05, 0) is 50.6 Å². The van der Waals surface area contributed by atoms with Crippen LogP contribution in [0, 0.1) is 17.3 Å². The molecule has 1 aliphatic heterocycles. The maximum absolute atomic E-state index is 5.75. The largest absolute Gasteiger partial charge is 0.381 e. The number of rotatable bonds is 10. The molecule has 0 aromatic heterocycles. The minimum atomic E-state index is 0.360. The third-order valence-electron chi connectivity index (χ3n) is 4.55. The molecular weight excluding hydrogens is 248 g/mol. The Balaban J connectivity index is 1.84. The molecule has 1 N–H and O–H groups in total. The second-order valence-electron chi connectivity index (χ2n) is 7.51. The molecule has 2 aliphatic rings. The minimum Gasteiger partial charge on any atom is -0.381 e. The summed E-state index contributed by atoms with van der Waals surface area (Å²) in [6.07, 6.45) is 5.40. The highest BCUT2D eigenvalue weighted by Gasteiger charge is 2.37. The van der Waals surface area contributed by atoms with Crippen molar-refractivity contribution >= 4 is 0 Å². The van der Waals surface area contributed by atoms with E-state index in [4.69, 9.17) is 4.74 Å². The Morgan fingerprint density at radius 2 is 2.15 bits per heavy atom. The molecule has 1 aliphatic carbocycles. The van der Waals surface area contributed by atoms with Crippen molar-refractivity contribution in [2.45, 2.75) is 46.5 Å². The van der Waals surface area contributed by atoms with Crippen LogP contribution in [0.2, 0.25) is 0 Å². The first-order valence-electron chi connectivity index (χ1n) is 8.64. The highest BCUT2D eigenvalue weighted by Crippen LogP contribution is 2.33. The van der Waals surface area contributed by atoms with Crippen molar-refractivity contribution < 1.29 is 4.74 Å². The van der Waals surface area contributed by atoms with E-state index >= 15 is 0 Å². The van der Waals surface area contributed by atoms with E-state index in [-0.39, 0.29) is 0 Å². The van der Waals surface area contributed by atoms with Crippen LogP contribution in [0.1, 0.15) is 46.5 Å². The Labute approximate surface area is 125 Å². The van der Waals surface area contributed by atoms with Gasteiger partial charge in [-0.15, -0.1) is 0 Å². The van der Waals surface area contributed by atoms with Crippen LogP contribution in [0.3, 0.4) is 0 Å². The van der Waals surface area contributed by atoms with Gasteiger partial charge in [-0.3, -0.25) is 0 Å². The second kappa shape index (κ2) is 7.77. The SMILES string of the molecule is CCCN(CC1CC1)CC1(CNCC(C)C)CCOC1. The van der Waals surface area contributed by atoms with Crippen LogP contribution in [-0.2, 0) is 4.74 Å². The zero-order chi connectivity index (χ0) is 14.4. The van der Waals surface area contributed by atoms with Gasteiger partial charge in [-0.1, -0.05) is 20.8 Å². The molecule has 20 heavy (non-hydrogen) atoms. The Hall–Kier alpha value is -0.120. The molecule has 3 heteroatoms. The number of nitrogens with zero attached hydrogens (tertiary/aromatic N) is 1. The highest BCUT2D eigenvalue weighted by molar-refractivity contribution is 4.90. The van der Waals surface area contributed by atoms with E-state index in [0.29, 0.717) is 5.41 Å². The van der Waals surface area contributed by atoms with E-state index in [9.17, 15) is 0 Å². The second-order valence-corrected chi connectivity index (χ2v) is 7.51. The molecule has 1 saturated carbocycles. The Bertz CT molecular complexity index is 270. The molecule has 0 aromatic carbocycles. The van der Waals surface area contributed by atoms with Gasteiger partial charge in [0.05, 0.1) is 6.61 Å². The quantitative estimate of drug-likeness (QED) is 0.667. The lowest BCUT2D eigenvalue weighted by atomic mass is 9.86. The molecule has 0 amide bonds. The molecule has 0 bridgehead atoms. The standard InChI is InChI=1S/C17H34N2O/c1-4-8-19(11-16-5-6-16)13-17(7-9-20-14-17)12-18-10-15(2)3/h15-16,18H,4-14H2,1-3H3. The Kier molecular flexibility index (Phi) is 6.31. The van der Waals surface area contributed by atoms with Crippen molar-refractivity contribution in [3.05, 3.63) is 0 Å². The first-order chi connectivity index (χ1) is 9.63. The first-order valence-corrected chi connectivity index (χ1v) is 8.64. The summed E-state index contributed by atoms with van der Waals surface area (Å²) in [6, 6.07) is 0. The Morgan fingerprint density at radius 3 is 2.70 bits per heavy atom. The molecule has 2 rings (SSSR count). The van der Waals surface area contributed by atoms with Gasteiger partial charge in [0.1, 0.15) is 0 Å². The lowest BCUT2D eigenvalue weighted by molar-refractivity contribution is 0.105. The Morgan fingerprint density at radius 1 is 1.35 bits per heavy atom. The van der Waals surface area contributed by atoms with Crippen LogP contribution in [0.15, 0.2) is 0 Å². The highest BCUT2D eigenvalue weighted by atomic mass is 16.5. The molecule has 0 radical (unpaired) electrons. The predicted octanol–water partition coefficient (Wildman–Crippen LogP) is 2.76. The molecule has 0 aromatic rings. The van der Waals surface area contributed by atoms with Crippen molar-refractivity contribution in [3.63, 3.8) is 0 Å². The number of hydrogen-bond donors (Lipinski definition) is 1. The lowest BCUT2D eigenvalue weighted by Crippen LogP contribution is -2.46. The van der Waals surface area contributed by atoms with Crippen molar-refractivity contribution in [1.82, 2.24) is 10.2 Å². The summed E-state index contributed by atoms with van der Waals surface area (Å²) in [7, 11) is 0. The zero-order valence-corrected chi connectivity index (χ0v) is 13.8. The van der Waals surface area contributed by atoms with Gasteiger partial charge >= 0.3 is 0 Å². The summed E-state index contributed by atoms with van der Waals surface area (Å²) >= 11 is 0. The van der Waals surface area contributed by atoms with E-state index < -0.39 is 0 Å². The molecule has 3 nitrogen and oxygen atoms in total. The average Bonchev–Trinajstić information content (AvgIpc) is 3.08. The minimum absolute atomic E-state index is 0.360. The van der Waals surface area contributed by atoms with Gasteiger partial charge in [0.25, 0.3) is 0 Å². The smallest absolute Gasteiger partial charge is 0.0547 e. The van der Waals surface area contributed by atoms with Gasteiger partial charge < -0.3 is 15.0 Å². The average molecular weight is 282 g/mol. The molecule has 2 fully saturated rings. The van der Waals surface area contributed by atoms with Crippen LogP contribution in [0.4, 0.5) is 0 Å². The third kappa shape index (κ3) is 5.34. The summed E-state index contributed by atoms with van der Waals surface area (Å²) in [6.45, 7) is 14.8. The number of ether oxygens (including phenoxy) is 1. The van der Waals surface area contributed by atoms with Gasteiger partial charge in [-0.25, -0.2) is 0 Å². The van der Waals surface area contributed by atoms with Crippen molar-refractivity contribution in [3.8, 4) is 0 Å². The maximum atomic E-state index is 5.75. The first kappa shape index (κ1) is 16.3. The fourth-order valence-electron chi connectivity index (χ4n) is 3.29.